The number of carbonyl (C=O) groups excluding carboxylic acids is 1. The molecule has 0 aliphatic carbocycles. The fourth-order valence-corrected chi connectivity index (χ4v) is 1.82. The molecule has 1 unspecified atom stereocenters. The standard InChI is InChI=1S/C10H12ClN3O2/c11-9-5-12-8(4-13-9)10(16)14-3-1-2-7(15)6-14/h4-5,7,15H,1-3,6H2. The van der Waals surface area contributed by atoms with Crippen LogP contribution < -0.4 is 0 Å². The number of nitrogens with zero attached hydrogens (tertiary/aromatic N) is 3. The number of hydrogen-bond donors (Lipinski definition) is 1. The molecule has 1 amide bonds. The van der Waals surface area contributed by atoms with Crippen LogP contribution in [0.5, 0.6) is 0 Å². The zero-order valence-electron chi connectivity index (χ0n) is 8.64. The molecule has 16 heavy (non-hydrogen) atoms. The van der Waals surface area contributed by atoms with Gasteiger partial charge < -0.3 is 10.0 Å². The quantitative estimate of drug-likeness (QED) is 0.787. The van der Waals surface area contributed by atoms with Gasteiger partial charge in [-0.15, -0.1) is 0 Å². The van der Waals surface area contributed by atoms with Crippen LogP contribution in [0.15, 0.2) is 12.4 Å². The number of β-amino-alcohol motifs (C(OH)–C–C–N with tert-alkyl or cyclic N) is 1. The second-order valence-corrected chi connectivity index (χ2v) is 4.16. The Hall–Kier alpha value is -1.20. The molecule has 86 valence electrons. The van der Waals surface area contributed by atoms with Gasteiger partial charge >= 0.3 is 0 Å². The van der Waals surface area contributed by atoms with Crippen LogP contribution in [0.2, 0.25) is 5.15 Å². The van der Waals surface area contributed by atoms with E-state index in [0.29, 0.717) is 13.1 Å². The normalized spacial score (nSPS) is 20.9. The highest BCUT2D eigenvalue weighted by molar-refractivity contribution is 6.29. The summed E-state index contributed by atoms with van der Waals surface area (Å²) >= 11 is 5.59. The number of hydrogen-bond acceptors (Lipinski definition) is 4. The number of carbonyl (C=O) groups is 1. The maximum Gasteiger partial charge on any atom is 0.274 e. The summed E-state index contributed by atoms with van der Waals surface area (Å²) < 4.78 is 0. The number of aliphatic hydroxyl groups is 1. The first-order chi connectivity index (χ1) is 7.66. The average molecular weight is 242 g/mol. The lowest BCUT2D eigenvalue weighted by atomic mass is 10.1. The van der Waals surface area contributed by atoms with Gasteiger partial charge in [0.25, 0.3) is 5.91 Å². The van der Waals surface area contributed by atoms with E-state index in [9.17, 15) is 9.90 Å². The van der Waals surface area contributed by atoms with Crippen LogP contribution in [0.25, 0.3) is 0 Å². The lowest BCUT2D eigenvalue weighted by Crippen LogP contribution is -2.42. The van der Waals surface area contributed by atoms with Crippen molar-refractivity contribution >= 4 is 17.5 Å². The van der Waals surface area contributed by atoms with E-state index in [-0.39, 0.29) is 16.8 Å². The van der Waals surface area contributed by atoms with Crippen molar-refractivity contribution < 1.29 is 9.90 Å². The van der Waals surface area contributed by atoms with E-state index in [2.05, 4.69) is 9.97 Å². The molecule has 0 radical (unpaired) electrons. The molecule has 5 nitrogen and oxygen atoms in total. The molecule has 1 aliphatic heterocycles. The lowest BCUT2D eigenvalue weighted by Gasteiger charge is -2.29. The molecule has 2 heterocycles. The third-order valence-electron chi connectivity index (χ3n) is 2.52. The minimum absolute atomic E-state index is 0.206. The average Bonchev–Trinajstić information content (AvgIpc) is 2.29. The van der Waals surface area contributed by atoms with E-state index >= 15 is 0 Å². The second-order valence-electron chi connectivity index (χ2n) is 3.77. The van der Waals surface area contributed by atoms with Gasteiger partial charge in [0.15, 0.2) is 0 Å². The number of likely N-dealkylation sites (tertiary alicyclic amines) is 1. The Morgan fingerprint density at radius 3 is 2.94 bits per heavy atom. The first kappa shape index (κ1) is 11.3. The van der Waals surface area contributed by atoms with Crippen molar-refractivity contribution in [2.75, 3.05) is 13.1 Å². The molecule has 1 atom stereocenters. The highest BCUT2D eigenvalue weighted by Crippen LogP contribution is 2.12. The smallest absolute Gasteiger partial charge is 0.274 e. The van der Waals surface area contributed by atoms with Crippen LogP contribution in [0.3, 0.4) is 0 Å². The first-order valence-electron chi connectivity index (χ1n) is 5.11. The van der Waals surface area contributed by atoms with Crippen LogP contribution in [0.4, 0.5) is 0 Å². The van der Waals surface area contributed by atoms with Gasteiger partial charge in [-0.2, -0.15) is 0 Å². The van der Waals surface area contributed by atoms with Crippen molar-refractivity contribution in [1.82, 2.24) is 14.9 Å². The summed E-state index contributed by atoms with van der Waals surface area (Å²) in [7, 11) is 0. The van der Waals surface area contributed by atoms with Gasteiger partial charge in [0, 0.05) is 13.1 Å². The molecular formula is C10H12ClN3O2. The van der Waals surface area contributed by atoms with E-state index in [1.807, 2.05) is 0 Å². The molecule has 1 aliphatic rings. The summed E-state index contributed by atoms with van der Waals surface area (Å²) in [6.07, 6.45) is 3.82. The predicted molar refractivity (Wildman–Crippen MR) is 58.2 cm³/mol. The third kappa shape index (κ3) is 2.48. The van der Waals surface area contributed by atoms with Gasteiger partial charge in [0.05, 0.1) is 18.5 Å². The molecule has 1 fully saturated rings. The van der Waals surface area contributed by atoms with Crippen LogP contribution in [0.1, 0.15) is 23.3 Å². The van der Waals surface area contributed by atoms with Gasteiger partial charge in [-0.1, -0.05) is 11.6 Å². The summed E-state index contributed by atoms with van der Waals surface area (Å²) in [6, 6.07) is 0. The third-order valence-corrected chi connectivity index (χ3v) is 2.72. The van der Waals surface area contributed by atoms with Crippen LogP contribution in [-0.2, 0) is 0 Å². The monoisotopic (exact) mass is 241 g/mol. The summed E-state index contributed by atoms with van der Waals surface area (Å²) in [6.45, 7) is 1.02. The molecule has 1 saturated heterocycles. The van der Waals surface area contributed by atoms with Crippen molar-refractivity contribution in [3.8, 4) is 0 Å². The van der Waals surface area contributed by atoms with E-state index in [4.69, 9.17) is 11.6 Å². The molecule has 0 bridgehead atoms. The Labute approximate surface area is 98.1 Å². The van der Waals surface area contributed by atoms with E-state index < -0.39 is 6.10 Å². The molecule has 1 aromatic rings. The van der Waals surface area contributed by atoms with E-state index in [1.54, 1.807) is 4.90 Å². The van der Waals surface area contributed by atoms with Crippen molar-refractivity contribution in [2.45, 2.75) is 18.9 Å². The topological polar surface area (TPSA) is 66.3 Å². The Balaban J connectivity index is 2.09. The molecular weight excluding hydrogens is 230 g/mol. The fourth-order valence-electron chi connectivity index (χ4n) is 1.72. The largest absolute Gasteiger partial charge is 0.391 e. The lowest BCUT2D eigenvalue weighted by molar-refractivity contribution is 0.0468. The highest BCUT2D eigenvalue weighted by Gasteiger charge is 2.23. The van der Waals surface area contributed by atoms with Crippen LogP contribution >= 0.6 is 11.6 Å². The number of rotatable bonds is 1. The SMILES string of the molecule is O=C(c1cnc(Cl)cn1)N1CCCC(O)C1. The Morgan fingerprint density at radius 2 is 2.31 bits per heavy atom. The molecule has 2 rings (SSSR count). The molecule has 1 N–H and O–H groups in total. The van der Waals surface area contributed by atoms with Crippen LogP contribution in [-0.4, -0.2) is 45.1 Å². The predicted octanol–water partition coefficient (Wildman–Crippen LogP) is 0.727. The van der Waals surface area contributed by atoms with Gasteiger partial charge in [-0.25, -0.2) is 9.97 Å². The highest BCUT2D eigenvalue weighted by atomic mass is 35.5. The van der Waals surface area contributed by atoms with Gasteiger partial charge in [-0.05, 0) is 12.8 Å². The maximum absolute atomic E-state index is 11.9. The van der Waals surface area contributed by atoms with Crippen molar-refractivity contribution in [3.63, 3.8) is 0 Å². The Bertz CT molecular complexity index is 382. The van der Waals surface area contributed by atoms with Crippen LogP contribution in [0, 0.1) is 0 Å². The second kappa shape index (κ2) is 4.76. The van der Waals surface area contributed by atoms with Crippen molar-refractivity contribution in [1.29, 1.82) is 0 Å². The summed E-state index contributed by atoms with van der Waals surface area (Å²) in [4.78, 5) is 21.2. The number of amides is 1. The van der Waals surface area contributed by atoms with E-state index in [1.165, 1.54) is 12.4 Å². The summed E-state index contributed by atoms with van der Waals surface area (Å²) in [5.41, 5.74) is 0.263. The summed E-state index contributed by atoms with van der Waals surface area (Å²) in [5, 5.41) is 9.73. The van der Waals surface area contributed by atoms with Gasteiger partial charge in [0.2, 0.25) is 0 Å². The number of piperidine rings is 1. The van der Waals surface area contributed by atoms with Crippen molar-refractivity contribution in [3.05, 3.63) is 23.2 Å². The molecule has 6 heteroatoms. The zero-order chi connectivity index (χ0) is 11.5. The molecule has 1 aromatic heterocycles. The van der Waals surface area contributed by atoms with E-state index in [0.717, 1.165) is 12.8 Å². The summed E-state index contributed by atoms with van der Waals surface area (Å²) in [5.74, 6) is -0.206. The number of aliphatic hydroxyl groups excluding tert-OH is 1. The maximum atomic E-state index is 11.9. The number of halogens is 1. The molecule has 0 saturated carbocycles. The molecule has 0 aromatic carbocycles. The van der Waals surface area contributed by atoms with Gasteiger partial charge in [0.1, 0.15) is 10.8 Å². The zero-order valence-corrected chi connectivity index (χ0v) is 9.39. The number of aromatic nitrogens is 2. The minimum Gasteiger partial charge on any atom is -0.391 e. The fraction of sp³-hybridized carbons (Fsp3) is 0.500. The Morgan fingerprint density at radius 1 is 1.50 bits per heavy atom. The van der Waals surface area contributed by atoms with Crippen molar-refractivity contribution in [2.24, 2.45) is 0 Å². The first-order valence-corrected chi connectivity index (χ1v) is 5.49. The molecule has 0 spiro atoms. The Kier molecular flexibility index (Phi) is 3.36. The minimum atomic E-state index is -0.432. The van der Waals surface area contributed by atoms with Gasteiger partial charge in [-0.3, -0.25) is 4.79 Å².